The standard InChI is InChI=1S/C12H21NO/c1-4-12(5-2)10-8-7-9-11(14)13(12)6-3/h6H,3-5,7-10H2,1-2H3. The lowest BCUT2D eigenvalue weighted by Crippen LogP contribution is -2.46. The van der Waals surface area contributed by atoms with Crippen LogP contribution in [0, 0.1) is 0 Å². The Morgan fingerprint density at radius 2 is 2.07 bits per heavy atom. The second-order valence-corrected chi connectivity index (χ2v) is 4.08. The van der Waals surface area contributed by atoms with Gasteiger partial charge in [0, 0.05) is 18.2 Å². The van der Waals surface area contributed by atoms with Gasteiger partial charge in [0.1, 0.15) is 0 Å². The van der Waals surface area contributed by atoms with Crippen LogP contribution in [0.2, 0.25) is 0 Å². The van der Waals surface area contributed by atoms with Gasteiger partial charge in [-0.1, -0.05) is 26.8 Å². The van der Waals surface area contributed by atoms with E-state index in [9.17, 15) is 4.79 Å². The summed E-state index contributed by atoms with van der Waals surface area (Å²) < 4.78 is 0. The number of carbonyl (C=O) groups is 1. The molecular formula is C12H21NO. The molecule has 2 nitrogen and oxygen atoms in total. The molecule has 1 fully saturated rings. The maximum absolute atomic E-state index is 11.8. The van der Waals surface area contributed by atoms with Gasteiger partial charge in [0.15, 0.2) is 0 Å². The maximum atomic E-state index is 11.8. The van der Waals surface area contributed by atoms with Crippen molar-refractivity contribution in [1.82, 2.24) is 4.90 Å². The Morgan fingerprint density at radius 3 is 2.57 bits per heavy atom. The minimum atomic E-state index is 0.0509. The molecule has 0 aliphatic carbocycles. The second-order valence-electron chi connectivity index (χ2n) is 4.08. The Kier molecular flexibility index (Phi) is 3.73. The van der Waals surface area contributed by atoms with Gasteiger partial charge < -0.3 is 4.90 Å². The second kappa shape index (κ2) is 4.63. The van der Waals surface area contributed by atoms with E-state index in [2.05, 4.69) is 20.4 Å². The Morgan fingerprint density at radius 1 is 1.43 bits per heavy atom. The first kappa shape index (κ1) is 11.3. The van der Waals surface area contributed by atoms with Gasteiger partial charge >= 0.3 is 0 Å². The Hall–Kier alpha value is -0.790. The minimum Gasteiger partial charge on any atom is -0.314 e. The van der Waals surface area contributed by atoms with Crippen molar-refractivity contribution in [3.63, 3.8) is 0 Å². The summed E-state index contributed by atoms with van der Waals surface area (Å²) in [5.41, 5.74) is 0.0509. The molecule has 0 spiro atoms. The topological polar surface area (TPSA) is 20.3 Å². The molecule has 0 aromatic rings. The summed E-state index contributed by atoms with van der Waals surface area (Å²) in [6.45, 7) is 8.10. The van der Waals surface area contributed by atoms with Crippen LogP contribution >= 0.6 is 0 Å². The van der Waals surface area contributed by atoms with Crippen LogP contribution in [0.1, 0.15) is 52.4 Å². The molecule has 0 bridgehead atoms. The number of hydrogen-bond donors (Lipinski definition) is 0. The third-order valence-electron chi connectivity index (χ3n) is 3.56. The quantitative estimate of drug-likeness (QED) is 0.677. The highest BCUT2D eigenvalue weighted by molar-refractivity contribution is 5.78. The van der Waals surface area contributed by atoms with Gasteiger partial charge in [0.05, 0.1) is 0 Å². The molecule has 2 heteroatoms. The summed E-state index contributed by atoms with van der Waals surface area (Å²) in [7, 11) is 0. The summed E-state index contributed by atoms with van der Waals surface area (Å²) in [5, 5.41) is 0. The van der Waals surface area contributed by atoms with Gasteiger partial charge in [0.25, 0.3) is 0 Å². The monoisotopic (exact) mass is 195 g/mol. The minimum absolute atomic E-state index is 0.0509. The molecule has 0 N–H and O–H groups in total. The van der Waals surface area contributed by atoms with Crippen molar-refractivity contribution in [2.75, 3.05) is 0 Å². The highest BCUT2D eigenvalue weighted by Crippen LogP contribution is 2.33. The van der Waals surface area contributed by atoms with E-state index in [0.29, 0.717) is 6.42 Å². The Labute approximate surface area is 87.0 Å². The molecule has 0 atom stereocenters. The van der Waals surface area contributed by atoms with Gasteiger partial charge in [-0.15, -0.1) is 0 Å². The van der Waals surface area contributed by atoms with Crippen LogP contribution < -0.4 is 0 Å². The zero-order chi connectivity index (χ0) is 10.6. The van der Waals surface area contributed by atoms with Crippen LogP contribution in [0.5, 0.6) is 0 Å². The lowest BCUT2D eigenvalue weighted by Gasteiger charge is -2.40. The summed E-state index contributed by atoms with van der Waals surface area (Å²) in [6, 6.07) is 0. The lowest BCUT2D eigenvalue weighted by atomic mass is 9.86. The van der Waals surface area contributed by atoms with E-state index < -0.39 is 0 Å². The van der Waals surface area contributed by atoms with E-state index in [1.54, 1.807) is 6.20 Å². The first-order chi connectivity index (χ1) is 6.70. The van der Waals surface area contributed by atoms with E-state index in [0.717, 1.165) is 32.1 Å². The number of nitrogens with zero attached hydrogens (tertiary/aromatic N) is 1. The smallest absolute Gasteiger partial charge is 0.227 e. The van der Waals surface area contributed by atoms with E-state index in [1.807, 2.05) is 4.90 Å². The molecule has 0 unspecified atom stereocenters. The molecule has 1 aliphatic rings. The normalized spacial score (nSPS) is 21.9. The molecule has 1 saturated heterocycles. The Bertz CT molecular complexity index is 218. The predicted octanol–water partition coefficient (Wildman–Crippen LogP) is 3.09. The summed E-state index contributed by atoms with van der Waals surface area (Å²) in [4.78, 5) is 13.7. The number of amides is 1. The Balaban J connectivity index is 2.96. The van der Waals surface area contributed by atoms with E-state index in [4.69, 9.17) is 0 Å². The van der Waals surface area contributed by atoms with Crippen molar-refractivity contribution in [3.05, 3.63) is 12.8 Å². The first-order valence-corrected chi connectivity index (χ1v) is 5.65. The van der Waals surface area contributed by atoms with Crippen LogP contribution in [-0.2, 0) is 4.79 Å². The molecule has 0 saturated carbocycles. The summed E-state index contributed by atoms with van der Waals surface area (Å²) >= 11 is 0. The average Bonchev–Trinajstić information content (AvgIpc) is 2.37. The van der Waals surface area contributed by atoms with Gasteiger partial charge in [-0.3, -0.25) is 4.79 Å². The number of carbonyl (C=O) groups excluding carboxylic acids is 1. The van der Waals surface area contributed by atoms with Crippen molar-refractivity contribution in [2.45, 2.75) is 57.9 Å². The molecule has 0 aromatic heterocycles. The fourth-order valence-corrected chi connectivity index (χ4v) is 2.48. The average molecular weight is 195 g/mol. The molecule has 1 aliphatic heterocycles. The van der Waals surface area contributed by atoms with Crippen LogP contribution in [0.3, 0.4) is 0 Å². The van der Waals surface area contributed by atoms with Gasteiger partial charge in [-0.2, -0.15) is 0 Å². The van der Waals surface area contributed by atoms with E-state index in [-0.39, 0.29) is 11.4 Å². The van der Waals surface area contributed by atoms with Crippen molar-refractivity contribution < 1.29 is 4.79 Å². The zero-order valence-corrected chi connectivity index (χ0v) is 9.38. The lowest BCUT2D eigenvalue weighted by molar-refractivity contribution is -0.133. The first-order valence-electron chi connectivity index (χ1n) is 5.65. The molecule has 80 valence electrons. The maximum Gasteiger partial charge on any atom is 0.227 e. The number of likely N-dealkylation sites (tertiary alicyclic amines) is 1. The van der Waals surface area contributed by atoms with Crippen molar-refractivity contribution in [3.8, 4) is 0 Å². The van der Waals surface area contributed by atoms with Gasteiger partial charge in [0.2, 0.25) is 5.91 Å². The van der Waals surface area contributed by atoms with Gasteiger partial charge in [-0.25, -0.2) is 0 Å². The third-order valence-corrected chi connectivity index (χ3v) is 3.56. The highest BCUT2D eigenvalue weighted by Gasteiger charge is 2.36. The number of rotatable bonds is 3. The van der Waals surface area contributed by atoms with Crippen molar-refractivity contribution in [1.29, 1.82) is 0 Å². The molecular weight excluding hydrogens is 174 g/mol. The predicted molar refractivity (Wildman–Crippen MR) is 58.8 cm³/mol. The van der Waals surface area contributed by atoms with Crippen molar-refractivity contribution in [2.24, 2.45) is 0 Å². The summed E-state index contributed by atoms with van der Waals surface area (Å²) in [6.07, 6.45) is 7.79. The van der Waals surface area contributed by atoms with E-state index in [1.165, 1.54) is 0 Å². The molecule has 1 amide bonds. The van der Waals surface area contributed by atoms with Crippen LogP contribution in [0.15, 0.2) is 12.8 Å². The third kappa shape index (κ3) is 1.84. The molecule has 1 rings (SSSR count). The largest absolute Gasteiger partial charge is 0.314 e. The highest BCUT2D eigenvalue weighted by atomic mass is 16.2. The SMILES string of the molecule is C=CN1C(=O)CCCCC1(CC)CC. The molecule has 0 radical (unpaired) electrons. The fraction of sp³-hybridized carbons (Fsp3) is 0.750. The van der Waals surface area contributed by atoms with E-state index >= 15 is 0 Å². The zero-order valence-electron chi connectivity index (χ0n) is 9.38. The number of hydrogen-bond acceptors (Lipinski definition) is 1. The summed E-state index contributed by atoms with van der Waals surface area (Å²) in [5.74, 6) is 0.251. The van der Waals surface area contributed by atoms with Gasteiger partial charge in [-0.05, 0) is 25.7 Å². The van der Waals surface area contributed by atoms with Crippen LogP contribution in [0.4, 0.5) is 0 Å². The van der Waals surface area contributed by atoms with Crippen molar-refractivity contribution >= 4 is 5.91 Å². The fourth-order valence-electron chi connectivity index (χ4n) is 2.48. The molecule has 1 heterocycles. The van der Waals surface area contributed by atoms with Crippen LogP contribution in [-0.4, -0.2) is 16.3 Å². The molecule has 14 heavy (non-hydrogen) atoms. The van der Waals surface area contributed by atoms with Crippen LogP contribution in [0.25, 0.3) is 0 Å². The molecule has 0 aromatic carbocycles.